The minimum Gasteiger partial charge on any atom is -0.464 e. The van der Waals surface area contributed by atoms with Gasteiger partial charge < -0.3 is 9.32 Å². The smallest absolute Gasteiger partial charge is 0.262 e. The highest BCUT2D eigenvalue weighted by molar-refractivity contribution is 7.98. The van der Waals surface area contributed by atoms with Crippen molar-refractivity contribution >= 4 is 28.4 Å². The Morgan fingerprint density at radius 1 is 1.19 bits per heavy atom. The van der Waals surface area contributed by atoms with Gasteiger partial charge in [-0.05, 0) is 30.3 Å². The summed E-state index contributed by atoms with van der Waals surface area (Å²) in [5, 5.41) is 1.87. The molecule has 7 heteroatoms. The Bertz CT molecular complexity index is 1240. The van der Waals surface area contributed by atoms with Gasteiger partial charge in [0.25, 0.3) is 5.56 Å². The predicted molar refractivity (Wildman–Crippen MR) is 107 cm³/mol. The third-order valence-corrected chi connectivity index (χ3v) is 5.76. The van der Waals surface area contributed by atoms with Crippen molar-refractivity contribution in [2.75, 3.05) is 19.0 Å². The summed E-state index contributed by atoms with van der Waals surface area (Å²) in [6.45, 7) is 0. The van der Waals surface area contributed by atoms with E-state index in [4.69, 9.17) is 4.42 Å². The third kappa shape index (κ3) is 2.46. The summed E-state index contributed by atoms with van der Waals surface area (Å²) < 4.78 is 6.99. The topological polar surface area (TPSA) is 64.2 Å². The van der Waals surface area contributed by atoms with Crippen LogP contribution in [0.2, 0.25) is 0 Å². The molecule has 6 nitrogen and oxygen atoms in total. The van der Waals surface area contributed by atoms with Gasteiger partial charge in [-0.1, -0.05) is 0 Å². The van der Waals surface area contributed by atoms with Crippen molar-refractivity contribution in [2.24, 2.45) is 0 Å². The fourth-order valence-electron chi connectivity index (χ4n) is 3.40. The van der Waals surface area contributed by atoms with E-state index in [0.717, 1.165) is 38.6 Å². The van der Waals surface area contributed by atoms with Gasteiger partial charge >= 0.3 is 0 Å². The minimum absolute atomic E-state index is 0.0467. The lowest BCUT2D eigenvalue weighted by molar-refractivity contribution is 0.616. The van der Waals surface area contributed by atoms with Gasteiger partial charge in [0, 0.05) is 37.1 Å². The van der Waals surface area contributed by atoms with E-state index < -0.39 is 0 Å². The van der Waals surface area contributed by atoms with Crippen LogP contribution in [0.15, 0.2) is 63.4 Å². The SMILES string of the molecule is CN(C)c1ccnc2c1-c1ncn(-c3ccc4occc4c3)c(=O)c1CS2. The van der Waals surface area contributed by atoms with Gasteiger partial charge in [-0.3, -0.25) is 9.36 Å². The Morgan fingerprint density at radius 3 is 2.93 bits per heavy atom. The second-order valence-corrected chi connectivity index (χ2v) is 7.55. The number of hydrogen-bond donors (Lipinski definition) is 0. The number of fused-ring (bicyclic) bond motifs is 4. The van der Waals surface area contributed by atoms with Crippen LogP contribution in [-0.4, -0.2) is 28.6 Å². The van der Waals surface area contributed by atoms with E-state index in [2.05, 4.69) is 9.97 Å². The van der Waals surface area contributed by atoms with Crippen LogP contribution in [0.5, 0.6) is 0 Å². The first kappa shape index (κ1) is 16.1. The van der Waals surface area contributed by atoms with Gasteiger partial charge in [-0.15, -0.1) is 11.8 Å². The molecule has 1 aromatic carbocycles. The zero-order valence-corrected chi connectivity index (χ0v) is 15.7. The maximum atomic E-state index is 13.2. The van der Waals surface area contributed by atoms with Crippen molar-refractivity contribution in [3.63, 3.8) is 0 Å². The van der Waals surface area contributed by atoms with Crippen LogP contribution in [0, 0.1) is 0 Å². The molecule has 27 heavy (non-hydrogen) atoms. The molecule has 4 aromatic rings. The summed E-state index contributed by atoms with van der Waals surface area (Å²) in [6.07, 6.45) is 5.05. The standard InChI is InChI=1S/C20H16N4O2S/c1-23(2)15-5-7-21-19-17(15)18-14(10-27-19)20(25)24(11-22-18)13-3-4-16-12(9-13)6-8-26-16/h3-9,11H,10H2,1-2H3. The van der Waals surface area contributed by atoms with E-state index in [1.807, 2.05) is 49.3 Å². The zero-order valence-electron chi connectivity index (χ0n) is 14.8. The van der Waals surface area contributed by atoms with Crippen LogP contribution in [0.25, 0.3) is 27.9 Å². The molecule has 5 rings (SSSR count). The first-order chi connectivity index (χ1) is 13.1. The molecular formula is C20H16N4O2S. The Balaban J connectivity index is 1.71. The lowest BCUT2D eigenvalue weighted by Gasteiger charge is -2.24. The number of benzene rings is 1. The third-order valence-electron chi connectivity index (χ3n) is 4.75. The Kier molecular flexibility index (Phi) is 3.58. The zero-order chi connectivity index (χ0) is 18.5. The molecule has 0 bridgehead atoms. The van der Waals surface area contributed by atoms with E-state index in [0.29, 0.717) is 11.3 Å². The van der Waals surface area contributed by atoms with Gasteiger partial charge in [-0.2, -0.15) is 0 Å². The van der Waals surface area contributed by atoms with Crippen molar-refractivity contribution in [3.8, 4) is 16.9 Å². The predicted octanol–water partition coefficient (Wildman–Crippen LogP) is 3.71. The van der Waals surface area contributed by atoms with E-state index >= 15 is 0 Å². The first-order valence-electron chi connectivity index (χ1n) is 8.51. The molecule has 0 spiro atoms. The van der Waals surface area contributed by atoms with Crippen LogP contribution < -0.4 is 10.5 Å². The van der Waals surface area contributed by atoms with Crippen LogP contribution in [0.1, 0.15) is 5.56 Å². The Morgan fingerprint density at radius 2 is 2.07 bits per heavy atom. The summed E-state index contributed by atoms with van der Waals surface area (Å²) >= 11 is 1.58. The normalized spacial score (nSPS) is 12.7. The van der Waals surface area contributed by atoms with Gasteiger partial charge in [-0.25, -0.2) is 9.97 Å². The minimum atomic E-state index is -0.0467. The van der Waals surface area contributed by atoms with E-state index in [1.165, 1.54) is 0 Å². The Labute approximate surface area is 159 Å². The number of hydrogen-bond acceptors (Lipinski definition) is 6. The lowest BCUT2D eigenvalue weighted by Crippen LogP contribution is -2.25. The van der Waals surface area contributed by atoms with Crippen molar-refractivity contribution in [1.82, 2.24) is 14.5 Å². The summed E-state index contributed by atoms with van der Waals surface area (Å²) in [5.74, 6) is 0.562. The quantitative estimate of drug-likeness (QED) is 0.531. The van der Waals surface area contributed by atoms with E-state index in [1.54, 1.807) is 35.1 Å². The van der Waals surface area contributed by atoms with Crippen molar-refractivity contribution in [1.29, 1.82) is 0 Å². The fourth-order valence-corrected chi connectivity index (χ4v) is 4.43. The highest BCUT2D eigenvalue weighted by Crippen LogP contribution is 2.42. The van der Waals surface area contributed by atoms with Crippen LogP contribution in [0.3, 0.4) is 0 Å². The average Bonchev–Trinajstić information content (AvgIpc) is 3.15. The largest absolute Gasteiger partial charge is 0.464 e. The first-order valence-corrected chi connectivity index (χ1v) is 9.50. The molecular weight excluding hydrogens is 360 g/mol. The fraction of sp³-hybridized carbons (Fsp3) is 0.150. The van der Waals surface area contributed by atoms with E-state index in [-0.39, 0.29) is 5.56 Å². The molecule has 134 valence electrons. The van der Waals surface area contributed by atoms with Gasteiger partial charge in [0.2, 0.25) is 0 Å². The molecule has 3 aromatic heterocycles. The number of rotatable bonds is 2. The molecule has 0 atom stereocenters. The molecule has 0 saturated heterocycles. The average molecular weight is 376 g/mol. The summed E-state index contributed by atoms with van der Waals surface area (Å²) in [7, 11) is 3.96. The maximum absolute atomic E-state index is 13.2. The molecule has 1 aliphatic rings. The number of nitrogens with zero attached hydrogens (tertiary/aromatic N) is 4. The van der Waals surface area contributed by atoms with E-state index in [9.17, 15) is 4.79 Å². The van der Waals surface area contributed by atoms with Gasteiger partial charge in [0.15, 0.2) is 0 Å². The summed E-state index contributed by atoms with van der Waals surface area (Å²) in [6, 6.07) is 9.52. The highest BCUT2D eigenvalue weighted by atomic mass is 32.2. The molecule has 1 aliphatic heterocycles. The second-order valence-electron chi connectivity index (χ2n) is 6.58. The summed E-state index contributed by atoms with van der Waals surface area (Å²) in [4.78, 5) is 24.4. The van der Waals surface area contributed by atoms with Crippen LogP contribution in [0.4, 0.5) is 5.69 Å². The maximum Gasteiger partial charge on any atom is 0.262 e. The molecule has 0 saturated carbocycles. The molecule has 4 heterocycles. The molecule has 0 aliphatic carbocycles. The number of thioether (sulfide) groups is 1. The van der Waals surface area contributed by atoms with Crippen molar-refractivity contribution in [2.45, 2.75) is 10.8 Å². The van der Waals surface area contributed by atoms with Crippen molar-refractivity contribution < 1.29 is 4.42 Å². The molecule has 0 radical (unpaired) electrons. The summed E-state index contributed by atoms with van der Waals surface area (Å²) in [5.41, 5.74) is 4.91. The van der Waals surface area contributed by atoms with Crippen molar-refractivity contribution in [3.05, 3.63) is 65.0 Å². The lowest BCUT2D eigenvalue weighted by atomic mass is 10.1. The van der Waals surface area contributed by atoms with Crippen LogP contribution in [-0.2, 0) is 5.75 Å². The van der Waals surface area contributed by atoms with Gasteiger partial charge in [0.05, 0.1) is 28.8 Å². The van der Waals surface area contributed by atoms with Gasteiger partial charge in [0.1, 0.15) is 16.9 Å². The monoisotopic (exact) mass is 376 g/mol. The molecule has 0 N–H and O–H groups in total. The second kappa shape index (κ2) is 5.99. The molecule has 0 unspecified atom stereocenters. The number of aromatic nitrogens is 3. The molecule has 0 amide bonds. The van der Waals surface area contributed by atoms with Crippen LogP contribution >= 0.6 is 11.8 Å². The molecule has 0 fully saturated rings. The Hall–Kier alpha value is -3.06. The number of furan rings is 1. The number of pyridine rings is 1. The highest BCUT2D eigenvalue weighted by Gasteiger charge is 2.26. The number of anilines is 1.